The van der Waals surface area contributed by atoms with Gasteiger partial charge in [-0.05, 0) is 48.9 Å². The highest BCUT2D eigenvalue weighted by molar-refractivity contribution is 7.91. The summed E-state index contributed by atoms with van der Waals surface area (Å²) in [5.41, 5.74) is -2.28. The van der Waals surface area contributed by atoms with E-state index in [0.717, 1.165) is 23.5 Å². The Morgan fingerprint density at radius 3 is 2.40 bits per heavy atom. The number of likely N-dealkylation sites (tertiary alicyclic amines) is 1. The number of carbonyl (C=O) groups excluding carboxylic acids is 4. The highest BCUT2D eigenvalue weighted by Crippen LogP contribution is 2.46. The number of sulfonamides is 1. The lowest BCUT2D eigenvalue weighted by Gasteiger charge is -2.35. The van der Waals surface area contributed by atoms with Crippen molar-refractivity contribution in [1.82, 2.24) is 29.9 Å². The number of rotatable bonds is 13. The Kier molecular flexibility index (Phi) is 11.0. The Balaban J connectivity index is 1.15. The van der Waals surface area contributed by atoms with E-state index in [-0.39, 0.29) is 53.1 Å². The van der Waals surface area contributed by atoms with Crippen molar-refractivity contribution >= 4 is 72.3 Å². The Morgan fingerprint density at radius 2 is 1.76 bits per heavy atom. The minimum absolute atomic E-state index is 0.0166. The molecular formula is C42H42F3N7O9S2. The van der Waals surface area contributed by atoms with Crippen LogP contribution in [0.3, 0.4) is 0 Å². The zero-order chi connectivity index (χ0) is 45.2. The molecule has 5 atom stereocenters. The summed E-state index contributed by atoms with van der Waals surface area (Å²) in [6.45, 7) is 8.92. The summed E-state index contributed by atoms with van der Waals surface area (Å²) in [5, 5.41) is 7.43. The number of furan rings is 1. The Labute approximate surface area is 362 Å². The predicted molar refractivity (Wildman–Crippen MR) is 224 cm³/mol. The van der Waals surface area contributed by atoms with E-state index in [2.05, 4.69) is 36.9 Å². The molecule has 3 fully saturated rings. The van der Waals surface area contributed by atoms with Crippen LogP contribution >= 0.6 is 11.3 Å². The second-order valence-electron chi connectivity index (χ2n) is 16.8. The van der Waals surface area contributed by atoms with Gasteiger partial charge in [0.2, 0.25) is 27.4 Å². The van der Waals surface area contributed by atoms with E-state index in [1.165, 1.54) is 35.6 Å². The normalized spacial score (nSPS) is 21.8. The molecule has 0 bridgehead atoms. The van der Waals surface area contributed by atoms with Crippen molar-refractivity contribution in [2.24, 2.45) is 11.3 Å². The number of thiazole rings is 1. The van der Waals surface area contributed by atoms with Crippen molar-refractivity contribution in [2.75, 3.05) is 19.0 Å². The molecule has 0 unspecified atom stereocenters. The number of nitrogens with zero attached hydrogens (tertiary/aromatic N) is 4. The van der Waals surface area contributed by atoms with Crippen LogP contribution in [0.1, 0.15) is 62.5 Å². The predicted octanol–water partition coefficient (Wildman–Crippen LogP) is 5.85. The number of halogens is 3. The highest BCUT2D eigenvalue weighted by atomic mass is 32.2. The lowest BCUT2D eigenvalue weighted by atomic mass is 9.85. The van der Waals surface area contributed by atoms with Gasteiger partial charge in [-0.15, -0.1) is 17.9 Å². The molecule has 3 N–H and O–H groups in total. The number of anilines is 1. The number of ether oxygens (including phenoxy) is 2. The number of aromatic nitrogens is 3. The summed E-state index contributed by atoms with van der Waals surface area (Å²) in [6.07, 6.45) is -3.39. The molecular weight excluding hydrogens is 868 g/mol. The summed E-state index contributed by atoms with van der Waals surface area (Å²) in [5.74, 6) is -3.64. The topological polar surface area (TPSA) is 212 Å². The van der Waals surface area contributed by atoms with Crippen molar-refractivity contribution < 1.29 is 54.7 Å². The summed E-state index contributed by atoms with van der Waals surface area (Å²) < 4.78 is 85.7. The highest BCUT2D eigenvalue weighted by Gasteiger charge is 2.62. The van der Waals surface area contributed by atoms with Crippen molar-refractivity contribution in [3.8, 4) is 17.3 Å². The molecule has 1 aliphatic heterocycles. The van der Waals surface area contributed by atoms with Gasteiger partial charge in [-0.3, -0.25) is 19.1 Å². The molecule has 2 aromatic carbocycles. The lowest BCUT2D eigenvalue weighted by molar-refractivity contribution is -0.141. The van der Waals surface area contributed by atoms with Gasteiger partial charge in [0.25, 0.3) is 11.8 Å². The molecule has 2 aliphatic carbocycles. The van der Waals surface area contributed by atoms with Crippen LogP contribution in [0, 0.1) is 11.3 Å². The summed E-state index contributed by atoms with van der Waals surface area (Å²) in [7, 11) is -2.78. The van der Waals surface area contributed by atoms with Crippen LogP contribution < -0.4 is 20.1 Å². The van der Waals surface area contributed by atoms with Crippen LogP contribution in [-0.4, -0.2) is 94.6 Å². The molecule has 4 heterocycles. The molecule has 2 saturated carbocycles. The number of para-hydroxylation sites is 1. The Bertz CT molecular complexity index is 2770. The molecule has 3 aromatic heterocycles. The Hall–Kier alpha value is -6.09. The van der Waals surface area contributed by atoms with Gasteiger partial charge in [0.1, 0.15) is 34.8 Å². The van der Waals surface area contributed by atoms with Crippen LogP contribution in [0.25, 0.3) is 33.5 Å². The van der Waals surface area contributed by atoms with Gasteiger partial charge in [-0.2, -0.15) is 18.2 Å². The summed E-state index contributed by atoms with van der Waals surface area (Å²) in [4.78, 5) is 70.1. The quantitative estimate of drug-likeness (QED) is 0.0936. The largest absolute Gasteiger partial charge is 0.470 e. The van der Waals surface area contributed by atoms with Gasteiger partial charge in [0, 0.05) is 28.7 Å². The van der Waals surface area contributed by atoms with Crippen LogP contribution in [0.15, 0.2) is 71.0 Å². The fourth-order valence-electron chi connectivity index (χ4n) is 7.61. The third-order valence-corrected chi connectivity index (χ3v) is 13.9. The minimum atomic E-state index is -4.58. The van der Waals surface area contributed by atoms with Crippen LogP contribution in [0.2, 0.25) is 0 Å². The number of benzene rings is 2. The average molecular weight is 910 g/mol. The molecule has 0 radical (unpaired) electrons. The maximum Gasteiger partial charge on any atom is 0.416 e. The van der Waals surface area contributed by atoms with Crippen LogP contribution in [-0.2, 0) is 35.3 Å². The standard InChI is InChI=1S/C42H42F3N7O9S2/c1-6-22-18-41(22,38(56)51-63(57,58)25-15-16-25)50-34(53)28-17-24(19-52(28)36(54)32(40(2,3)4)48-39-46-27(20-62-39)37(55)59-5)60-35-31-30(26-9-7-8-10-29(26)61-31)47-33(49-35)21-11-13-23(14-12-21)42(43,44)45/h6-14,20,22,24-25,28,32H,1,15-19H2,2-5H3,(H,46,48)(H,50,53)(H,51,56)/t22-,24-,28+,32-,41+/m1/s1. The second kappa shape index (κ2) is 15.9. The Morgan fingerprint density at radius 1 is 1.05 bits per heavy atom. The van der Waals surface area contributed by atoms with Crippen LogP contribution in [0.5, 0.6) is 5.88 Å². The van der Waals surface area contributed by atoms with Crippen LogP contribution in [0.4, 0.5) is 18.3 Å². The summed E-state index contributed by atoms with van der Waals surface area (Å²) >= 11 is 1.06. The fourth-order valence-corrected chi connectivity index (χ4v) is 9.68. The number of hydrogen-bond acceptors (Lipinski definition) is 14. The number of alkyl halides is 3. The van der Waals surface area contributed by atoms with E-state index in [9.17, 15) is 40.8 Å². The van der Waals surface area contributed by atoms with Crippen molar-refractivity contribution in [3.63, 3.8) is 0 Å². The molecule has 5 aromatic rings. The average Bonchev–Trinajstić information content (AvgIpc) is 4.07. The fraction of sp³-hybridized carbons (Fsp3) is 0.405. The first-order valence-corrected chi connectivity index (χ1v) is 22.3. The zero-order valence-corrected chi connectivity index (χ0v) is 35.9. The molecule has 8 rings (SSSR count). The van der Waals surface area contributed by atoms with E-state index >= 15 is 0 Å². The molecule has 3 aliphatic rings. The number of carbonyl (C=O) groups is 4. The van der Waals surface area contributed by atoms with E-state index in [4.69, 9.17) is 13.9 Å². The number of hydrogen-bond donors (Lipinski definition) is 3. The lowest BCUT2D eigenvalue weighted by Crippen LogP contribution is -2.58. The van der Waals surface area contributed by atoms with E-state index in [1.54, 1.807) is 45.0 Å². The number of fused-ring (bicyclic) bond motifs is 3. The van der Waals surface area contributed by atoms with E-state index in [0.29, 0.717) is 29.3 Å². The van der Waals surface area contributed by atoms with Gasteiger partial charge in [0.15, 0.2) is 16.6 Å². The van der Waals surface area contributed by atoms with Gasteiger partial charge in [-0.25, -0.2) is 23.2 Å². The summed E-state index contributed by atoms with van der Waals surface area (Å²) in [6, 6.07) is 8.88. The SMILES string of the molecule is C=C[C@@H]1C[C@@]1(NC(=O)[C@@H]1C[C@@H](Oc2nc(-c3ccc(C(F)(F)F)cc3)nc3c2oc2ccccc23)CN1C(=O)[C@@H](Nc1nc(C(=O)OC)cs1)C(C)(C)C)C(=O)NS(=O)(=O)C1CC1. The molecule has 21 heteroatoms. The molecule has 1 saturated heterocycles. The van der Waals surface area contributed by atoms with Gasteiger partial charge in [0.05, 0.1) is 24.5 Å². The number of amides is 3. The molecule has 3 amide bonds. The van der Waals surface area contributed by atoms with Gasteiger partial charge in [-0.1, -0.05) is 51.1 Å². The first-order valence-electron chi connectivity index (χ1n) is 19.9. The second-order valence-corrected chi connectivity index (χ2v) is 19.7. The maximum atomic E-state index is 14.9. The molecule has 16 nitrogen and oxygen atoms in total. The monoisotopic (exact) mass is 909 g/mol. The molecule has 332 valence electrons. The molecule has 0 spiro atoms. The maximum absolute atomic E-state index is 14.9. The minimum Gasteiger partial charge on any atom is -0.470 e. The third-order valence-electron chi connectivity index (χ3n) is 11.3. The van der Waals surface area contributed by atoms with Crippen molar-refractivity contribution in [3.05, 3.63) is 77.8 Å². The third kappa shape index (κ3) is 8.54. The van der Waals surface area contributed by atoms with Crippen molar-refractivity contribution in [1.29, 1.82) is 0 Å². The van der Waals surface area contributed by atoms with Gasteiger partial charge >= 0.3 is 12.1 Å². The first kappa shape index (κ1) is 43.6. The van der Waals surface area contributed by atoms with E-state index < -0.39 is 85.8 Å². The first-order chi connectivity index (χ1) is 29.7. The van der Waals surface area contributed by atoms with E-state index in [1.807, 2.05) is 0 Å². The molecule has 63 heavy (non-hydrogen) atoms. The number of nitrogens with one attached hydrogen (secondary N) is 3. The number of methoxy groups -OCH3 is 1. The zero-order valence-electron chi connectivity index (χ0n) is 34.3. The smallest absolute Gasteiger partial charge is 0.416 e. The van der Waals surface area contributed by atoms with Crippen molar-refractivity contribution in [2.45, 2.75) is 81.6 Å². The number of esters is 1. The van der Waals surface area contributed by atoms with Gasteiger partial charge < -0.3 is 29.4 Å².